The Morgan fingerprint density at radius 2 is 2.26 bits per heavy atom. The highest BCUT2D eigenvalue weighted by Gasteiger charge is 2.21. The quantitative estimate of drug-likeness (QED) is 0.792. The Morgan fingerprint density at radius 1 is 1.44 bits per heavy atom. The summed E-state index contributed by atoms with van der Waals surface area (Å²) >= 11 is 0. The normalized spacial score (nSPS) is 15.3. The monoisotopic (exact) mass is 367 g/mol. The Kier molecular flexibility index (Phi) is 5.64. The first-order valence-corrected chi connectivity index (χ1v) is 9.05. The summed E-state index contributed by atoms with van der Waals surface area (Å²) in [5.41, 5.74) is 2.62. The number of fused-ring (bicyclic) bond motifs is 1. The van der Waals surface area contributed by atoms with E-state index < -0.39 is 0 Å². The van der Waals surface area contributed by atoms with Gasteiger partial charge >= 0.3 is 0 Å². The molecule has 0 fully saturated rings. The van der Waals surface area contributed by atoms with E-state index in [0.29, 0.717) is 18.1 Å². The van der Waals surface area contributed by atoms with Crippen LogP contribution in [0, 0.1) is 0 Å². The van der Waals surface area contributed by atoms with Crippen LogP contribution in [0.3, 0.4) is 0 Å². The highest BCUT2D eigenvalue weighted by atomic mass is 16.5. The molecule has 0 saturated heterocycles. The number of pyridine rings is 1. The van der Waals surface area contributed by atoms with Crippen LogP contribution in [0.2, 0.25) is 0 Å². The van der Waals surface area contributed by atoms with E-state index in [1.54, 1.807) is 18.3 Å². The lowest BCUT2D eigenvalue weighted by atomic mass is 10.1. The van der Waals surface area contributed by atoms with Crippen molar-refractivity contribution in [3.8, 4) is 11.5 Å². The van der Waals surface area contributed by atoms with Crippen LogP contribution < -0.4 is 19.7 Å². The van der Waals surface area contributed by atoms with Crippen LogP contribution in [0.1, 0.15) is 25.0 Å². The van der Waals surface area contributed by atoms with Crippen LogP contribution in [-0.2, 0) is 11.2 Å². The van der Waals surface area contributed by atoms with Crippen LogP contribution in [0.4, 0.5) is 11.5 Å². The molecular formula is C21H25N3O3. The molecule has 1 aliphatic heterocycles. The molecule has 1 amide bonds. The van der Waals surface area contributed by atoms with E-state index in [4.69, 9.17) is 9.47 Å². The molecule has 1 atom stereocenters. The molecule has 0 spiro atoms. The first-order chi connectivity index (χ1) is 13.0. The standard InChI is InChI=1S/C21H25N3O3/c1-5-26-18-13-16-11-14(2)27-19(16)12-15(18)8-9-20(25)23-17-7-6-10-22-21(17)24(3)4/h6-10,12-14H,5,11H2,1-4H3,(H,23,25). The van der Waals surface area contributed by atoms with Crippen LogP contribution in [0.5, 0.6) is 11.5 Å². The molecule has 1 aromatic heterocycles. The number of hydrogen-bond donors (Lipinski definition) is 1. The van der Waals surface area contributed by atoms with E-state index in [1.807, 2.05) is 51.0 Å². The highest BCUT2D eigenvalue weighted by Crippen LogP contribution is 2.35. The van der Waals surface area contributed by atoms with Crippen molar-refractivity contribution in [2.75, 3.05) is 30.9 Å². The molecule has 0 aliphatic carbocycles. The van der Waals surface area contributed by atoms with Crippen molar-refractivity contribution in [3.05, 3.63) is 47.7 Å². The maximum Gasteiger partial charge on any atom is 0.248 e. The number of amides is 1. The molecule has 1 unspecified atom stereocenters. The van der Waals surface area contributed by atoms with Gasteiger partial charge in [-0.05, 0) is 44.2 Å². The Labute approximate surface area is 159 Å². The molecule has 2 heterocycles. The molecular weight excluding hydrogens is 342 g/mol. The summed E-state index contributed by atoms with van der Waals surface area (Å²) in [5, 5.41) is 2.87. The first kappa shape index (κ1) is 18.8. The molecule has 6 nitrogen and oxygen atoms in total. The van der Waals surface area contributed by atoms with Crippen molar-refractivity contribution in [2.24, 2.45) is 0 Å². The lowest BCUT2D eigenvalue weighted by Crippen LogP contribution is -2.16. The third kappa shape index (κ3) is 4.39. The largest absolute Gasteiger partial charge is 0.493 e. The first-order valence-electron chi connectivity index (χ1n) is 9.05. The number of hydrogen-bond acceptors (Lipinski definition) is 5. The van der Waals surface area contributed by atoms with E-state index in [2.05, 4.69) is 10.3 Å². The van der Waals surface area contributed by atoms with E-state index in [0.717, 1.165) is 29.0 Å². The Hall–Kier alpha value is -3.02. The van der Waals surface area contributed by atoms with Crippen LogP contribution in [0.15, 0.2) is 36.5 Å². The second-order valence-electron chi connectivity index (χ2n) is 6.65. The minimum absolute atomic E-state index is 0.159. The second-order valence-corrected chi connectivity index (χ2v) is 6.65. The van der Waals surface area contributed by atoms with Gasteiger partial charge in [0.15, 0.2) is 5.82 Å². The van der Waals surface area contributed by atoms with Crippen LogP contribution in [0.25, 0.3) is 6.08 Å². The third-order valence-corrected chi connectivity index (χ3v) is 4.21. The summed E-state index contributed by atoms with van der Waals surface area (Å²) in [5.74, 6) is 2.08. The Morgan fingerprint density at radius 3 is 3.00 bits per heavy atom. The smallest absolute Gasteiger partial charge is 0.248 e. The van der Waals surface area contributed by atoms with Gasteiger partial charge in [0.25, 0.3) is 0 Å². The molecule has 142 valence electrons. The minimum Gasteiger partial charge on any atom is -0.493 e. The van der Waals surface area contributed by atoms with Gasteiger partial charge in [0, 0.05) is 43.9 Å². The molecule has 0 saturated carbocycles. The van der Waals surface area contributed by atoms with E-state index >= 15 is 0 Å². The maximum atomic E-state index is 12.4. The number of carbonyl (C=O) groups is 1. The topological polar surface area (TPSA) is 63.7 Å². The lowest BCUT2D eigenvalue weighted by Gasteiger charge is -2.15. The average molecular weight is 367 g/mol. The summed E-state index contributed by atoms with van der Waals surface area (Å²) < 4.78 is 11.6. The fourth-order valence-corrected chi connectivity index (χ4v) is 3.06. The molecule has 0 bridgehead atoms. The van der Waals surface area contributed by atoms with Gasteiger partial charge in [0.05, 0.1) is 12.3 Å². The van der Waals surface area contributed by atoms with Crippen molar-refractivity contribution in [1.29, 1.82) is 0 Å². The third-order valence-electron chi connectivity index (χ3n) is 4.21. The van der Waals surface area contributed by atoms with E-state index in [1.165, 1.54) is 6.08 Å². The van der Waals surface area contributed by atoms with Gasteiger partial charge in [-0.15, -0.1) is 0 Å². The lowest BCUT2D eigenvalue weighted by molar-refractivity contribution is -0.111. The summed E-state index contributed by atoms with van der Waals surface area (Å²) in [7, 11) is 3.77. The molecule has 1 aromatic carbocycles. The van der Waals surface area contributed by atoms with Crippen molar-refractivity contribution in [2.45, 2.75) is 26.4 Å². The summed E-state index contributed by atoms with van der Waals surface area (Å²) in [6.07, 6.45) is 5.97. The highest BCUT2D eigenvalue weighted by molar-refractivity contribution is 6.03. The van der Waals surface area contributed by atoms with Gasteiger partial charge in [0.1, 0.15) is 17.6 Å². The number of anilines is 2. The summed E-state index contributed by atoms with van der Waals surface area (Å²) in [6.45, 7) is 4.54. The van der Waals surface area contributed by atoms with Gasteiger partial charge in [-0.3, -0.25) is 4.79 Å². The molecule has 27 heavy (non-hydrogen) atoms. The van der Waals surface area contributed by atoms with Crippen molar-refractivity contribution in [1.82, 2.24) is 4.98 Å². The van der Waals surface area contributed by atoms with E-state index in [9.17, 15) is 4.79 Å². The summed E-state index contributed by atoms with van der Waals surface area (Å²) in [6, 6.07) is 7.55. The zero-order chi connectivity index (χ0) is 19.4. The fourth-order valence-electron chi connectivity index (χ4n) is 3.06. The van der Waals surface area contributed by atoms with Crippen molar-refractivity contribution < 1.29 is 14.3 Å². The predicted octanol–water partition coefficient (Wildman–Crippen LogP) is 3.52. The Bertz CT molecular complexity index is 862. The molecule has 1 N–H and O–H groups in total. The number of nitrogens with zero attached hydrogens (tertiary/aromatic N) is 2. The average Bonchev–Trinajstić information content (AvgIpc) is 2.99. The van der Waals surface area contributed by atoms with Gasteiger partial charge in [-0.25, -0.2) is 4.98 Å². The van der Waals surface area contributed by atoms with Gasteiger partial charge in [0.2, 0.25) is 5.91 Å². The SMILES string of the molecule is CCOc1cc2c(cc1C=CC(=O)Nc1cccnc1N(C)C)OC(C)C2. The van der Waals surface area contributed by atoms with Crippen molar-refractivity contribution >= 4 is 23.5 Å². The van der Waals surface area contributed by atoms with E-state index in [-0.39, 0.29) is 12.0 Å². The van der Waals surface area contributed by atoms with Crippen LogP contribution >= 0.6 is 0 Å². The molecule has 6 heteroatoms. The zero-order valence-corrected chi connectivity index (χ0v) is 16.2. The number of benzene rings is 1. The molecule has 3 rings (SSSR count). The molecule has 1 aliphatic rings. The molecule has 0 radical (unpaired) electrons. The second kappa shape index (κ2) is 8.12. The number of ether oxygens (including phenoxy) is 2. The van der Waals surface area contributed by atoms with Crippen molar-refractivity contribution in [3.63, 3.8) is 0 Å². The number of rotatable bonds is 6. The van der Waals surface area contributed by atoms with Crippen LogP contribution in [-0.4, -0.2) is 37.7 Å². The van der Waals surface area contributed by atoms with Gasteiger partial charge in [-0.2, -0.15) is 0 Å². The zero-order valence-electron chi connectivity index (χ0n) is 16.2. The fraction of sp³-hybridized carbons (Fsp3) is 0.333. The Balaban J connectivity index is 1.79. The number of carbonyl (C=O) groups excluding carboxylic acids is 1. The number of aromatic nitrogens is 1. The maximum absolute atomic E-state index is 12.4. The number of nitrogens with one attached hydrogen (secondary N) is 1. The molecule has 2 aromatic rings. The summed E-state index contributed by atoms with van der Waals surface area (Å²) in [4.78, 5) is 18.5. The van der Waals surface area contributed by atoms with Gasteiger partial charge in [-0.1, -0.05) is 0 Å². The van der Waals surface area contributed by atoms with Gasteiger partial charge < -0.3 is 19.7 Å². The predicted molar refractivity (Wildman–Crippen MR) is 108 cm³/mol. The minimum atomic E-state index is -0.233.